The van der Waals surface area contributed by atoms with Crippen molar-refractivity contribution in [2.75, 3.05) is 0 Å². The standard InChI is InChI=1S/C11H9F3N2O2/c12-11(13,14)9-5-8(18-16-9)6-3-1-2-4-7(6)10(15)17/h1-4,8H,5H2,(H2,15,17)/t8-/m1/s1. The number of benzene rings is 1. The Kier molecular flexibility index (Phi) is 2.98. The second kappa shape index (κ2) is 4.32. The summed E-state index contributed by atoms with van der Waals surface area (Å²) in [7, 11) is 0. The zero-order valence-electron chi connectivity index (χ0n) is 9.07. The summed E-state index contributed by atoms with van der Waals surface area (Å²) in [5, 5.41) is 3.00. The van der Waals surface area contributed by atoms with Gasteiger partial charge in [-0.05, 0) is 6.07 Å². The van der Waals surface area contributed by atoms with E-state index in [4.69, 9.17) is 10.6 Å². The molecule has 0 unspecified atom stereocenters. The van der Waals surface area contributed by atoms with Crippen LogP contribution in [0.25, 0.3) is 0 Å². The highest BCUT2D eigenvalue weighted by Crippen LogP contribution is 2.34. The van der Waals surface area contributed by atoms with E-state index in [0.29, 0.717) is 5.56 Å². The van der Waals surface area contributed by atoms with E-state index in [1.165, 1.54) is 12.1 Å². The van der Waals surface area contributed by atoms with E-state index < -0.39 is 30.3 Å². The number of nitrogens with two attached hydrogens (primary N) is 1. The fourth-order valence-electron chi connectivity index (χ4n) is 1.71. The first-order valence-electron chi connectivity index (χ1n) is 5.08. The van der Waals surface area contributed by atoms with Crippen molar-refractivity contribution in [3.63, 3.8) is 0 Å². The van der Waals surface area contributed by atoms with Crippen LogP contribution in [-0.4, -0.2) is 17.8 Å². The van der Waals surface area contributed by atoms with Crippen molar-refractivity contribution < 1.29 is 22.8 Å². The molecule has 18 heavy (non-hydrogen) atoms. The predicted molar refractivity (Wildman–Crippen MR) is 56.9 cm³/mol. The number of primary amides is 1. The van der Waals surface area contributed by atoms with E-state index in [0.717, 1.165) is 0 Å². The Morgan fingerprint density at radius 1 is 1.39 bits per heavy atom. The minimum atomic E-state index is -4.52. The first-order chi connectivity index (χ1) is 8.39. The van der Waals surface area contributed by atoms with Crippen LogP contribution in [-0.2, 0) is 4.84 Å². The molecule has 1 aliphatic rings. The van der Waals surface area contributed by atoms with E-state index in [9.17, 15) is 18.0 Å². The number of nitrogens with zero attached hydrogens (tertiary/aromatic N) is 1. The normalized spacial score (nSPS) is 19.3. The molecule has 1 heterocycles. The molecule has 7 heteroatoms. The summed E-state index contributed by atoms with van der Waals surface area (Å²) in [6.07, 6.45) is -5.87. The first kappa shape index (κ1) is 12.4. The van der Waals surface area contributed by atoms with Crippen LogP contribution < -0.4 is 5.73 Å². The Bertz CT molecular complexity index is 511. The Labute approximate surface area is 100 Å². The molecule has 1 atom stereocenters. The maximum atomic E-state index is 12.4. The van der Waals surface area contributed by atoms with Gasteiger partial charge >= 0.3 is 6.18 Å². The number of hydrogen-bond donors (Lipinski definition) is 1. The van der Waals surface area contributed by atoms with E-state index in [1.54, 1.807) is 12.1 Å². The van der Waals surface area contributed by atoms with Gasteiger partial charge in [0.25, 0.3) is 0 Å². The third kappa shape index (κ3) is 2.29. The molecule has 0 fully saturated rings. The average molecular weight is 258 g/mol. The van der Waals surface area contributed by atoms with E-state index in [2.05, 4.69) is 5.16 Å². The number of hydrogen-bond acceptors (Lipinski definition) is 3. The maximum absolute atomic E-state index is 12.4. The van der Waals surface area contributed by atoms with Gasteiger partial charge in [-0.1, -0.05) is 23.4 Å². The smallest absolute Gasteiger partial charge is 0.387 e. The maximum Gasteiger partial charge on any atom is 0.432 e. The van der Waals surface area contributed by atoms with Crippen LogP contribution in [0.1, 0.15) is 28.4 Å². The van der Waals surface area contributed by atoms with Crippen LogP contribution in [0.5, 0.6) is 0 Å². The van der Waals surface area contributed by atoms with Crippen LogP contribution in [0, 0.1) is 0 Å². The molecular weight excluding hydrogens is 249 g/mol. The molecular formula is C11H9F3N2O2. The third-order valence-electron chi connectivity index (χ3n) is 2.57. The summed E-state index contributed by atoms with van der Waals surface area (Å²) in [6, 6.07) is 6.10. The van der Waals surface area contributed by atoms with Gasteiger partial charge in [-0.3, -0.25) is 4.79 Å². The van der Waals surface area contributed by atoms with Crippen LogP contribution in [0.2, 0.25) is 0 Å². The van der Waals surface area contributed by atoms with Crippen molar-refractivity contribution in [2.24, 2.45) is 10.9 Å². The largest absolute Gasteiger partial charge is 0.432 e. The molecule has 1 aliphatic heterocycles. The van der Waals surface area contributed by atoms with Crippen molar-refractivity contribution in [3.05, 3.63) is 35.4 Å². The molecule has 96 valence electrons. The Hall–Kier alpha value is -2.05. The molecule has 0 saturated carbocycles. The SMILES string of the molecule is NC(=O)c1ccccc1[C@H]1CC(C(F)(F)F)=NO1. The lowest BCUT2D eigenvalue weighted by Gasteiger charge is -2.12. The van der Waals surface area contributed by atoms with Gasteiger partial charge in [0, 0.05) is 17.5 Å². The summed E-state index contributed by atoms with van der Waals surface area (Å²) in [4.78, 5) is 15.9. The van der Waals surface area contributed by atoms with Crippen LogP contribution >= 0.6 is 0 Å². The minimum Gasteiger partial charge on any atom is -0.387 e. The number of rotatable bonds is 2. The molecule has 0 aliphatic carbocycles. The highest BCUT2D eigenvalue weighted by atomic mass is 19.4. The van der Waals surface area contributed by atoms with Gasteiger partial charge in [0.1, 0.15) is 0 Å². The van der Waals surface area contributed by atoms with Crippen LogP contribution in [0.3, 0.4) is 0 Å². The highest BCUT2D eigenvalue weighted by Gasteiger charge is 2.42. The van der Waals surface area contributed by atoms with Crippen LogP contribution in [0.15, 0.2) is 29.4 Å². The molecule has 1 amide bonds. The summed E-state index contributed by atoms with van der Waals surface area (Å²) >= 11 is 0. The van der Waals surface area contributed by atoms with Crippen molar-refractivity contribution in [3.8, 4) is 0 Å². The Balaban J connectivity index is 2.24. The molecule has 0 bridgehead atoms. The minimum absolute atomic E-state index is 0.140. The van der Waals surface area contributed by atoms with E-state index in [-0.39, 0.29) is 5.56 Å². The summed E-state index contributed by atoms with van der Waals surface area (Å²) in [5.41, 5.74) is 4.61. The predicted octanol–water partition coefficient (Wildman–Crippen LogP) is 2.17. The molecule has 1 aromatic rings. The van der Waals surface area contributed by atoms with Gasteiger partial charge in [-0.15, -0.1) is 0 Å². The summed E-state index contributed by atoms with van der Waals surface area (Å²) in [5.74, 6) is -0.713. The number of amides is 1. The van der Waals surface area contributed by atoms with Gasteiger partial charge in [-0.2, -0.15) is 13.2 Å². The Morgan fingerprint density at radius 2 is 2.06 bits per heavy atom. The van der Waals surface area contributed by atoms with Gasteiger partial charge < -0.3 is 10.6 Å². The fourth-order valence-corrected chi connectivity index (χ4v) is 1.71. The van der Waals surface area contributed by atoms with Gasteiger partial charge in [-0.25, -0.2) is 0 Å². The quantitative estimate of drug-likeness (QED) is 0.883. The molecule has 0 radical (unpaired) electrons. The van der Waals surface area contributed by atoms with Crippen molar-refractivity contribution >= 4 is 11.6 Å². The Morgan fingerprint density at radius 3 is 2.61 bits per heavy atom. The highest BCUT2D eigenvalue weighted by molar-refractivity contribution is 5.95. The number of carbonyl (C=O) groups is 1. The van der Waals surface area contributed by atoms with E-state index >= 15 is 0 Å². The van der Waals surface area contributed by atoms with E-state index in [1.807, 2.05) is 0 Å². The number of carbonyl (C=O) groups excluding carboxylic acids is 1. The lowest BCUT2D eigenvalue weighted by molar-refractivity contribution is -0.0604. The first-order valence-corrected chi connectivity index (χ1v) is 5.08. The van der Waals surface area contributed by atoms with Crippen LogP contribution in [0.4, 0.5) is 13.2 Å². The second-order valence-corrected chi connectivity index (χ2v) is 3.79. The average Bonchev–Trinajstić information content (AvgIpc) is 2.77. The van der Waals surface area contributed by atoms with Gasteiger partial charge in [0.05, 0.1) is 0 Å². The van der Waals surface area contributed by atoms with Crippen molar-refractivity contribution in [1.29, 1.82) is 0 Å². The fraction of sp³-hybridized carbons (Fsp3) is 0.273. The topological polar surface area (TPSA) is 64.7 Å². The number of halogens is 3. The zero-order chi connectivity index (χ0) is 13.3. The lowest BCUT2D eigenvalue weighted by atomic mass is 9.98. The number of alkyl halides is 3. The molecule has 1 aromatic carbocycles. The van der Waals surface area contributed by atoms with Gasteiger partial charge in [0.2, 0.25) is 5.91 Å². The molecule has 0 aromatic heterocycles. The molecule has 2 rings (SSSR count). The zero-order valence-corrected chi connectivity index (χ0v) is 9.07. The number of oxime groups is 1. The second-order valence-electron chi connectivity index (χ2n) is 3.79. The summed E-state index contributed by atoms with van der Waals surface area (Å²) < 4.78 is 37.2. The monoisotopic (exact) mass is 258 g/mol. The lowest BCUT2D eigenvalue weighted by Crippen LogP contribution is -2.22. The molecule has 0 spiro atoms. The molecule has 2 N–H and O–H groups in total. The van der Waals surface area contributed by atoms with Crippen molar-refractivity contribution in [2.45, 2.75) is 18.7 Å². The third-order valence-corrected chi connectivity index (χ3v) is 2.57. The van der Waals surface area contributed by atoms with Gasteiger partial charge in [0.15, 0.2) is 11.8 Å². The molecule has 4 nitrogen and oxygen atoms in total. The molecule has 0 saturated heterocycles. The summed E-state index contributed by atoms with van der Waals surface area (Å²) in [6.45, 7) is 0. The van der Waals surface area contributed by atoms with Crippen molar-refractivity contribution in [1.82, 2.24) is 0 Å².